The van der Waals surface area contributed by atoms with E-state index in [1.807, 2.05) is 0 Å². The van der Waals surface area contributed by atoms with Crippen LogP contribution in [0.3, 0.4) is 0 Å². The number of esters is 2. The summed E-state index contributed by atoms with van der Waals surface area (Å²) in [5.74, 6) is -2.72. The molecule has 2 rings (SSSR count). The number of hydrogen-bond donors (Lipinski definition) is 1. The predicted molar refractivity (Wildman–Crippen MR) is 69.9 cm³/mol. The Kier molecular flexibility index (Phi) is 4.21. The van der Waals surface area contributed by atoms with Crippen LogP contribution in [0.25, 0.3) is 0 Å². The quantitative estimate of drug-likeness (QED) is 0.558. The minimum absolute atomic E-state index is 0.182. The fourth-order valence-electron chi connectivity index (χ4n) is 2.10. The summed E-state index contributed by atoms with van der Waals surface area (Å²) in [6.07, 6.45) is -0.961. The molecule has 1 N–H and O–H groups in total. The van der Waals surface area contributed by atoms with Crippen molar-refractivity contribution < 1.29 is 33.8 Å². The van der Waals surface area contributed by atoms with E-state index in [1.165, 1.54) is 25.6 Å². The van der Waals surface area contributed by atoms with Crippen molar-refractivity contribution in [3.63, 3.8) is 0 Å². The molecule has 0 spiro atoms. The standard InChI is InChI=1S/C12H13NO7S/c1-5(14)19-3-7-4-21-11-9(20-6(2)15)10(16)13(11)8(7)12(17)18/h9,11H,3-4H2,1-2H3,(H,17,18)/t9-,11-/m1/s1. The molecule has 0 bridgehead atoms. The van der Waals surface area contributed by atoms with Crippen molar-refractivity contribution in [2.75, 3.05) is 12.4 Å². The molecule has 0 saturated carbocycles. The lowest BCUT2D eigenvalue weighted by atomic mass is 10.1. The van der Waals surface area contributed by atoms with E-state index in [0.717, 1.165) is 4.90 Å². The van der Waals surface area contributed by atoms with E-state index in [4.69, 9.17) is 9.47 Å². The Balaban J connectivity index is 2.22. The first-order chi connectivity index (χ1) is 9.82. The van der Waals surface area contributed by atoms with Gasteiger partial charge in [0.15, 0.2) is 0 Å². The third kappa shape index (κ3) is 2.87. The molecule has 0 aromatic heterocycles. The van der Waals surface area contributed by atoms with Gasteiger partial charge in [0.2, 0.25) is 6.10 Å². The van der Waals surface area contributed by atoms with Crippen molar-refractivity contribution >= 4 is 35.6 Å². The summed E-state index contributed by atoms with van der Waals surface area (Å²) >= 11 is 1.26. The zero-order chi connectivity index (χ0) is 15.7. The van der Waals surface area contributed by atoms with Gasteiger partial charge in [0.1, 0.15) is 17.7 Å². The molecular weight excluding hydrogens is 302 g/mol. The van der Waals surface area contributed by atoms with Gasteiger partial charge >= 0.3 is 17.9 Å². The monoisotopic (exact) mass is 315 g/mol. The maximum absolute atomic E-state index is 12.0. The van der Waals surface area contributed by atoms with Gasteiger partial charge in [-0.05, 0) is 0 Å². The second-order valence-electron chi connectivity index (χ2n) is 4.48. The number of amides is 1. The first-order valence-electron chi connectivity index (χ1n) is 6.03. The Labute approximate surface area is 124 Å². The highest BCUT2D eigenvalue weighted by Crippen LogP contribution is 2.41. The van der Waals surface area contributed by atoms with E-state index < -0.39 is 35.3 Å². The highest BCUT2D eigenvalue weighted by Gasteiger charge is 2.55. The van der Waals surface area contributed by atoms with Gasteiger partial charge in [-0.2, -0.15) is 0 Å². The van der Waals surface area contributed by atoms with Crippen LogP contribution < -0.4 is 0 Å². The molecule has 0 unspecified atom stereocenters. The van der Waals surface area contributed by atoms with E-state index in [1.54, 1.807) is 0 Å². The lowest BCUT2D eigenvalue weighted by Gasteiger charge is -2.48. The van der Waals surface area contributed by atoms with Gasteiger partial charge in [-0.1, -0.05) is 0 Å². The maximum atomic E-state index is 12.0. The van der Waals surface area contributed by atoms with E-state index in [-0.39, 0.29) is 18.1 Å². The number of ether oxygens (including phenoxy) is 2. The van der Waals surface area contributed by atoms with Gasteiger partial charge in [0.25, 0.3) is 5.91 Å². The number of thioether (sulfide) groups is 1. The average Bonchev–Trinajstić information content (AvgIpc) is 2.40. The molecule has 2 heterocycles. The molecular formula is C12H13NO7S. The van der Waals surface area contributed by atoms with Gasteiger partial charge in [-0.25, -0.2) is 4.79 Å². The first-order valence-corrected chi connectivity index (χ1v) is 7.08. The average molecular weight is 315 g/mol. The Morgan fingerprint density at radius 1 is 1.33 bits per heavy atom. The maximum Gasteiger partial charge on any atom is 0.352 e. The number of carboxylic acid groups (broad SMARTS) is 1. The van der Waals surface area contributed by atoms with Gasteiger partial charge < -0.3 is 14.6 Å². The molecule has 114 valence electrons. The molecule has 9 heteroatoms. The van der Waals surface area contributed by atoms with E-state index in [0.29, 0.717) is 5.57 Å². The second kappa shape index (κ2) is 5.76. The molecule has 8 nitrogen and oxygen atoms in total. The lowest BCUT2D eigenvalue weighted by Crippen LogP contribution is -2.66. The van der Waals surface area contributed by atoms with Crippen molar-refractivity contribution in [2.24, 2.45) is 0 Å². The molecule has 2 atom stereocenters. The van der Waals surface area contributed by atoms with Gasteiger partial charge in [-0.15, -0.1) is 11.8 Å². The van der Waals surface area contributed by atoms with E-state index >= 15 is 0 Å². The zero-order valence-electron chi connectivity index (χ0n) is 11.3. The third-order valence-corrected chi connectivity index (χ3v) is 4.26. The molecule has 1 saturated heterocycles. The summed E-state index contributed by atoms with van der Waals surface area (Å²) in [5.41, 5.74) is 0.141. The van der Waals surface area contributed by atoms with Crippen LogP contribution >= 0.6 is 11.8 Å². The summed E-state index contributed by atoms with van der Waals surface area (Å²) < 4.78 is 9.68. The highest BCUT2D eigenvalue weighted by molar-refractivity contribution is 8.00. The zero-order valence-corrected chi connectivity index (χ0v) is 12.1. The number of nitrogens with zero attached hydrogens (tertiary/aromatic N) is 1. The fraction of sp³-hybridized carbons (Fsp3) is 0.500. The van der Waals surface area contributed by atoms with E-state index in [2.05, 4.69) is 0 Å². The minimum Gasteiger partial charge on any atom is -0.477 e. The summed E-state index contributed by atoms with van der Waals surface area (Å²) in [7, 11) is 0. The smallest absolute Gasteiger partial charge is 0.352 e. The number of carbonyl (C=O) groups is 4. The summed E-state index contributed by atoms with van der Waals surface area (Å²) in [6, 6.07) is 0. The molecule has 21 heavy (non-hydrogen) atoms. The number of β-lactam (4-membered cyclic amide) rings is 1. The Bertz CT molecular complexity index is 556. The summed E-state index contributed by atoms with van der Waals surface area (Å²) in [4.78, 5) is 46.2. The van der Waals surface area contributed by atoms with Crippen molar-refractivity contribution in [2.45, 2.75) is 25.3 Å². The highest BCUT2D eigenvalue weighted by atomic mass is 32.2. The Hall–Kier alpha value is -2.03. The van der Waals surface area contributed by atoms with Crippen LogP contribution in [0.4, 0.5) is 0 Å². The van der Waals surface area contributed by atoms with Gasteiger partial charge in [-0.3, -0.25) is 19.3 Å². The lowest BCUT2D eigenvalue weighted by molar-refractivity contribution is -0.173. The van der Waals surface area contributed by atoms with Crippen LogP contribution in [0.2, 0.25) is 0 Å². The third-order valence-electron chi connectivity index (χ3n) is 2.94. The van der Waals surface area contributed by atoms with Crippen molar-refractivity contribution in [1.82, 2.24) is 4.90 Å². The van der Waals surface area contributed by atoms with Crippen LogP contribution in [0.5, 0.6) is 0 Å². The predicted octanol–water partition coefficient (Wildman–Crippen LogP) is -0.265. The number of carbonyl (C=O) groups excluding carboxylic acids is 3. The molecule has 1 amide bonds. The molecule has 0 aromatic carbocycles. The number of fused-ring (bicyclic) bond motifs is 1. The molecule has 2 aliphatic rings. The fourth-order valence-corrected chi connectivity index (χ4v) is 3.40. The Morgan fingerprint density at radius 3 is 2.52 bits per heavy atom. The normalized spacial score (nSPS) is 24.1. The molecule has 0 radical (unpaired) electrons. The van der Waals surface area contributed by atoms with Gasteiger partial charge in [0.05, 0.1) is 0 Å². The SMILES string of the molecule is CC(=O)OCC1=C(C(=O)O)N2C(=O)[C@@H](OC(C)=O)[C@H]2SC1. The number of aliphatic carboxylic acids is 1. The van der Waals surface area contributed by atoms with Crippen LogP contribution in [0.1, 0.15) is 13.8 Å². The minimum atomic E-state index is -1.28. The summed E-state index contributed by atoms with van der Waals surface area (Å²) in [5, 5.41) is 8.73. The molecule has 2 aliphatic heterocycles. The topological polar surface area (TPSA) is 110 Å². The van der Waals surface area contributed by atoms with Gasteiger partial charge in [0, 0.05) is 25.2 Å². The second-order valence-corrected chi connectivity index (χ2v) is 5.58. The van der Waals surface area contributed by atoms with Crippen molar-refractivity contribution in [1.29, 1.82) is 0 Å². The molecule has 0 aromatic rings. The number of rotatable bonds is 4. The summed E-state index contributed by atoms with van der Waals surface area (Å²) in [6.45, 7) is 2.22. The largest absolute Gasteiger partial charge is 0.477 e. The Morgan fingerprint density at radius 2 is 2.00 bits per heavy atom. The van der Waals surface area contributed by atoms with Crippen LogP contribution in [-0.2, 0) is 28.7 Å². The van der Waals surface area contributed by atoms with Crippen LogP contribution in [0.15, 0.2) is 11.3 Å². The van der Waals surface area contributed by atoms with Crippen molar-refractivity contribution in [3.05, 3.63) is 11.3 Å². The molecule has 0 aliphatic carbocycles. The van der Waals surface area contributed by atoms with Crippen LogP contribution in [0, 0.1) is 0 Å². The first kappa shape index (κ1) is 15.4. The van der Waals surface area contributed by atoms with Crippen LogP contribution in [-0.4, -0.2) is 57.7 Å². The number of hydrogen-bond acceptors (Lipinski definition) is 7. The number of carboxylic acids is 1. The molecule has 1 fully saturated rings. The van der Waals surface area contributed by atoms with E-state index in [9.17, 15) is 24.3 Å². The van der Waals surface area contributed by atoms with Crippen molar-refractivity contribution in [3.8, 4) is 0 Å².